The van der Waals surface area contributed by atoms with Gasteiger partial charge in [0, 0.05) is 28.3 Å². The molecule has 2 nitrogen and oxygen atoms in total. The molecule has 0 radical (unpaired) electrons. The van der Waals surface area contributed by atoms with Crippen LogP contribution < -0.4 is 5.32 Å². The highest BCUT2D eigenvalue weighted by molar-refractivity contribution is 9.10. The van der Waals surface area contributed by atoms with Crippen LogP contribution in [0.15, 0.2) is 22.7 Å². The molecule has 1 aromatic carbocycles. The molecule has 0 unspecified atom stereocenters. The Morgan fingerprint density at radius 3 is 2.62 bits per heavy atom. The normalized spacial score (nSPS) is 10.8. The molecular formula is C12H18BrClN2. The molecule has 0 fully saturated rings. The SMILES string of the molecule is CCN(CC)CCNc1cc(Cl)ccc1Br. The fourth-order valence-corrected chi connectivity index (χ4v) is 2.08. The molecule has 0 aliphatic heterocycles. The van der Waals surface area contributed by atoms with Crippen molar-refractivity contribution >= 4 is 33.2 Å². The Balaban J connectivity index is 2.45. The first kappa shape index (κ1) is 13.8. The fourth-order valence-electron chi connectivity index (χ4n) is 1.52. The first-order valence-electron chi connectivity index (χ1n) is 5.58. The van der Waals surface area contributed by atoms with Crippen molar-refractivity contribution < 1.29 is 0 Å². The standard InChI is InChI=1S/C12H18BrClN2/c1-3-16(4-2)8-7-15-12-9-10(14)5-6-11(12)13/h5-6,9,15H,3-4,7-8H2,1-2H3. The maximum absolute atomic E-state index is 5.94. The molecule has 1 N–H and O–H groups in total. The third kappa shape index (κ3) is 4.32. The zero-order valence-corrected chi connectivity index (χ0v) is 12.1. The Labute approximate surface area is 111 Å². The zero-order valence-electron chi connectivity index (χ0n) is 9.76. The highest BCUT2D eigenvalue weighted by Crippen LogP contribution is 2.25. The molecule has 0 spiro atoms. The molecule has 0 saturated carbocycles. The average molecular weight is 306 g/mol. The first-order valence-corrected chi connectivity index (χ1v) is 6.75. The summed E-state index contributed by atoms with van der Waals surface area (Å²) in [5.41, 5.74) is 1.06. The quantitative estimate of drug-likeness (QED) is 0.858. The number of halogens is 2. The lowest BCUT2D eigenvalue weighted by atomic mass is 10.3. The van der Waals surface area contributed by atoms with Gasteiger partial charge in [-0.1, -0.05) is 25.4 Å². The summed E-state index contributed by atoms with van der Waals surface area (Å²) in [5, 5.41) is 4.14. The van der Waals surface area contributed by atoms with Crippen molar-refractivity contribution in [3.63, 3.8) is 0 Å². The second-order valence-corrected chi connectivity index (χ2v) is 4.87. The number of benzene rings is 1. The number of likely N-dealkylation sites (N-methyl/N-ethyl adjacent to an activating group) is 1. The summed E-state index contributed by atoms with van der Waals surface area (Å²) in [6.07, 6.45) is 0. The summed E-state index contributed by atoms with van der Waals surface area (Å²) >= 11 is 9.44. The van der Waals surface area contributed by atoms with E-state index in [9.17, 15) is 0 Å². The van der Waals surface area contributed by atoms with Crippen molar-refractivity contribution in [2.75, 3.05) is 31.5 Å². The molecule has 16 heavy (non-hydrogen) atoms. The molecule has 0 aliphatic rings. The van der Waals surface area contributed by atoms with E-state index in [-0.39, 0.29) is 0 Å². The van der Waals surface area contributed by atoms with E-state index in [4.69, 9.17) is 11.6 Å². The van der Waals surface area contributed by atoms with Gasteiger partial charge >= 0.3 is 0 Å². The summed E-state index contributed by atoms with van der Waals surface area (Å²) in [7, 11) is 0. The van der Waals surface area contributed by atoms with Gasteiger partial charge in [0.25, 0.3) is 0 Å². The van der Waals surface area contributed by atoms with E-state index in [1.807, 2.05) is 18.2 Å². The number of nitrogens with zero attached hydrogens (tertiary/aromatic N) is 1. The van der Waals surface area contributed by atoms with Crippen LogP contribution in [0.1, 0.15) is 13.8 Å². The Morgan fingerprint density at radius 1 is 1.31 bits per heavy atom. The topological polar surface area (TPSA) is 15.3 Å². The molecule has 0 amide bonds. The van der Waals surface area contributed by atoms with Crippen LogP contribution in [0.4, 0.5) is 5.69 Å². The van der Waals surface area contributed by atoms with Crippen molar-refractivity contribution in [1.29, 1.82) is 0 Å². The lowest BCUT2D eigenvalue weighted by Gasteiger charge is -2.18. The van der Waals surface area contributed by atoms with Crippen LogP contribution in [0.25, 0.3) is 0 Å². The Bertz CT molecular complexity index is 327. The van der Waals surface area contributed by atoms with E-state index >= 15 is 0 Å². The molecule has 0 bridgehead atoms. The van der Waals surface area contributed by atoms with Crippen LogP contribution in [-0.4, -0.2) is 31.1 Å². The van der Waals surface area contributed by atoms with Crippen molar-refractivity contribution in [3.8, 4) is 0 Å². The molecule has 1 aromatic rings. The van der Waals surface area contributed by atoms with E-state index in [0.29, 0.717) is 0 Å². The number of hydrogen-bond donors (Lipinski definition) is 1. The van der Waals surface area contributed by atoms with Crippen LogP contribution in [0.3, 0.4) is 0 Å². The highest BCUT2D eigenvalue weighted by atomic mass is 79.9. The molecule has 1 rings (SSSR count). The molecule has 0 heterocycles. The maximum Gasteiger partial charge on any atom is 0.0500 e. The first-order chi connectivity index (χ1) is 7.67. The minimum absolute atomic E-state index is 0.758. The summed E-state index contributed by atoms with van der Waals surface area (Å²) in [6.45, 7) is 8.52. The lowest BCUT2D eigenvalue weighted by molar-refractivity contribution is 0.316. The zero-order chi connectivity index (χ0) is 12.0. The second kappa shape index (κ2) is 7.15. The predicted molar refractivity (Wildman–Crippen MR) is 75.4 cm³/mol. The third-order valence-corrected chi connectivity index (χ3v) is 3.49. The van der Waals surface area contributed by atoms with Crippen LogP contribution in [0.5, 0.6) is 0 Å². The number of rotatable bonds is 6. The van der Waals surface area contributed by atoms with Crippen LogP contribution in [-0.2, 0) is 0 Å². The van der Waals surface area contributed by atoms with E-state index in [2.05, 4.69) is 40.0 Å². The molecule has 0 aliphatic carbocycles. The molecule has 4 heteroatoms. The van der Waals surface area contributed by atoms with Gasteiger partial charge in [-0.3, -0.25) is 0 Å². The fraction of sp³-hybridized carbons (Fsp3) is 0.500. The molecule has 0 saturated heterocycles. The van der Waals surface area contributed by atoms with Crippen molar-refractivity contribution in [1.82, 2.24) is 4.90 Å². The number of hydrogen-bond acceptors (Lipinski definition) is 2. The largest absolute Gasteiger partial charge is 0.383 e. The molecule has 0 aromatic heterocycles. The van der Waals surface area contributed by atoms with Gasteiger partial charge in [0.15, 0.2) is 0 Å². The van der Waals surface area contributed by atoms with Gasteiger partial charge in [0.2, 0.25) is 0 Å². The van der Waals surface area contributed by atoms with Gasteiger partial charge in [0.05, 0.1) is 0 Å². The van der Waals surface area contributed by atoms with E-state index in [0.717, 1.165) is 41.4 Å². The minimum Gasteiger partial charge on any atom is -0.383 e. The number of nitrogens with one attached hydrogen (secondary N) is 1. The predicted octanol–water partition coefficient (Wildman–Crippen LogP) is 3.86. The van der Waals surface area contributed by atoms with Crippen LogP contribution >= 0.6 is 27.5 Å². The summed E-state index contributed by atoms with van der Waals surface area (Å²) in [5.74, 6) is 0. The Morgan fingerprint density at radius 2 is 2.00 bits per heavy atom. The second-order valence-electron chi connectivity index (χ2n) is 3.58. The minimum atomic E-state index is 0.758. The Hall–Kier alpha value is -0.250. The Kier molecular flexibility index (Phi) is 6.17. The van der Waals surface area contributed by atoms with Gasteiger partial charge in [-0.05, 0) is 47.2 Å². The molecular weight excluding hydrogens is 288 g/mol. The van der Waals surface area contributed by atoms with E-state index < -0.39 is 0 Å². The number of anilines is 1. The van der Waals surface area contributed by atoms with Crippen molar-refractivity contribution in [2.24, 2.45) is 0 Å². The van der Waals surface area contributed by atoms with Crippen molar-refractivity contribution in [2.45, 2.75) is 13.8 Å². The van der Waals surface area contributed by atoms with E-state index in [1.54, 1.807) is 0 Å². The third-order valence-electron chi connectivity index (χ3n) is 2.57. The summed E-state index contributed by atoms with van der Waals surface area (Å²) in [6, 6.07) is 5.77. The monoisotopic (exact) mass is 304 g/mol. The lowest BCUT2D eigenvalue weighted by Crippen LogP contribution is -2.28. The van der Waals surface area contributed by atoms with Gasteiger partial charge in [0.1, 0.15) is 0 Å². The summed E-state index contributed by atoms with van der Waals surface area (Å²) in [4.78, 5) is 2.38. The smallest absolute Gasteiger partial charge is 0.0500 e. The molecule has 90 valence electrons. The van der Waals surface area contributed by atoms with Crippen molar-refractivity contribution in [3.05, 3.63) is 27.7 Å². The summed E-state index contributed by atoms with van der Waals surface area (Å²) < 4.78 is 1.05. The molecule has 0 atom stereocenters. The highest BCUT2D eigenvalue weighted by Gasteiger charge is 2.01. The van der Waals surface area contributed by atoms with Gasteiger partial charge < -0.3 is 10.2 Å². The van der Waals surface area contributed by atoms with Gasteiger partial charge in [-0.15, -0.1) is 0 Å². The van der Waals surface area contributed by atoms with Crippen LogP contribution in [0.2, 0.25) is 5.02 Å². The van der Waals surface area contributed by atoms with Gasteiger partial charge in [-0.25, -0.2) is 0 Å². The average Bonchev–Trinajstić information content (AvgIpc) is 2.29. The maximum atomic E-state index is 5.94. The van der Waals surface area contributed by atoms with Gasteiger partial charge in [-0.2, -0.15) is 0 Å². The van der Waals surface area contributed by atoms with Crippen LogP contribution in [0, 0.1) is 0 Å². The van der Waals surface area contributed by atoms with E-state index in [1.165, 1.54) is 0 Å².